The van der Waals surface area contributed by atoms with Crippen molar-refractivity contribution in [3.8, 4) is 11.5 Å². The Hall–Kier alpha value is -2.24. The Balaban J connectivity index is 1.65. The summed E-state index contributed by atoms with van der Waals surface area (Å²) in [5.41, 5.74) is 0.231. The molecule has 24 heavy (non-hydrogen) atoms. The number of ether oxygens (including phenoxy) is 1. The molecule has 3 N–H and O–H groups in total. The van der Waals surface area contributed by atoms with Crippen LogP contribution in [0.2, 0.25) is 0 Å². The maximum Gasteiger partial charge on any atom is 0.303 e. The molecule has 2 rings (SSSR count). The van der Waals surface area contributed by atoms with E-state index >= 15 is 0 Å². The number of carboxylic acid groups (broad SMARTS) is 1. The van der Waals surface area contributed by atoms with E-state index in [1.807, 2.05) is 0 Å². The highest BCUT2D eigenvalue weighted by atomic mass is 16.5. The Morgan fingerprint density at radius 3 is 2.54 bits per heavy atom. The minimum Gasteiger partial charge on any atom is -0.507 e. The minimum absolute atomic E-state index is 0.0516. The minimum atomic E-state index is -0.755. The van der Waals surface area contributed by atoms with Crippen LogP contribution in [-0.4, -0.2) is 34.7 Å². The molecule has 0 aromatic heterocycles. The Morgan fingerprint density at radius 2 is 1.83 bits per heavy atom. The molecule has 0 bridgehead atoms. The summed E-state index contributed by atoms with van der Waals surface area (Å²) in [5, 5.41) is 21.2. The third-order valence-electron chi connectivity index (χ3n) is 3.89. The molecule has 0 saturated heterocycles. The zero-order valence-electron chi connectivity index (χ0n) is 13.8. The van der Waals surface area contributed by atoms with Crippen molar-refractivity contribution in [2.75, 3.05) is 6.54 Å². The van der Waals surface area contributed by atoms with Crippen LogP contribution in [-0.2, 0) is 4.79 Å². The number of carbonyl (C=O) groups excluding carboxylic acids is 1. The molecule has 132 valence electrons. The third kappa shape index (κ3) is 6.48. The molecule has 1 aromatic carbocycles. The highest BCUT2D eigenvalue weighted by Crippen LogP contribution is 2.29. The molecule has 0 aliphatic heterocycles. The number of phenolic OH excluding ortho intramolecular Hbond substituents is 1. The molecule has 0 unspecified atom stereocenters. The number of nitrogens with one attached hydrogen (secondary N) is 1. The van der Waals surface area contributed by atoms with Crippen molar-refractivity contribution >= 4 is 11.9 Å². The lowest BCUT2D eigenvalue weighted by Crippen LogP contribution is -2.24. The monoisotopic (exact) mass is 335 g/mol. The van der Waals surface area contributed by atoms with Gasteiger partial charge in [0.05, 0.1) is 11.7 Å². The number of carbonyl (C=O) groups is 2. The summed E-state index contributed by atoms with van der Waals surface area (Å²) in [5.74, 6) is -0.502. The quantitative estimate of drug-likeness (QED) is 0.540. The Kier molecular flexibility index (Phi) is 6.90. The van der Waals surface area contributed by atoms with E-state index in [4.69, 9.17) is 9.84 Å². The highest BCUT2D eigenvalue weighted by molar-refractivity contribution is 5.97. The van der Waals surface area contributed by atoms with Crippen LogP contribution in [0.4, 0.5) is 0 Å². The van der Waals surface area contributed by atoms with Gasteiger partial charge in [-0.1, -0.05) is 19.3 Å². The largest absolute Gasteiger partial charge is 0.507 e. The second-order valence-electron chi connectivity index (χ2n) is 6.16. The molecule has 1 aliphatic rings. The SMILES string of the molecule is O=C(O)CCCCCCCNC(=O)c1cc(OC2CC2)ccc1O. The summed E-state index contributed by atoms with van der Waals surface area (Å²) < 4.78 is 5.64. The number of hydrogen-bond acceptors (Lipinski definition) is 4. The molecule has 6 heteroatoms. The summed E-state index contributed by atoms with van der Waals surface area (Å²) in [4.78, 5) is 22.5. The third-order valence-corrected chi connectivity index (χ3v) is 3.89. The second kappa shape index (κ2) is 9.15. The van der Waals surface area contributed by atoms with Gasteiger partial charge in [0.2, 0.25) is 0 Å². The van der Waals surface area contributed by atoms with Crippen molar-refractivity contribution in [2.45, 2.75) is 57.5 Å². The van der Waals surface area contributed by atoms with E-state index in [0.717, 1.165) is 38.5 Å². The van der Waals surface area contributed by atoms with Gasteiger partial charge in [-0.25, -0.2) is 0 Å². The number of aliphatic carboxylic acids is 1. The Labute approximate surface area is 141 Å². The average Bonchev–Trinajstić information content (AvgIpc) is 3.35. The molecule has 6 nitrogen and oxygen atoms in total. The standard InChI is InChI=1S/C18H25NO5/c20-16-10-9-14(24-13-7-8-13)12-15(16)18(23)19-11-5-3-1-2-4-6-17(21)22/h9-10,12-13,20H,1-8,11H2,(H,19,23)(H,21,22). The van der Waals surface area contributed by atoms with Crippen molar-refractivity contribution in [1.82, 2.24) is 5.32 Å². The van der Waals surface area contributed by atoms with E-state index in [1.165, 1.54) is 6.07 Å². The summed E-state index contributed by atoms with van der Waals surface area (Å²) in [7, 11) is 0. The van der Waals surface area contributed by atoms with E-state index < -0.39 is 5.97 Å². The average molecular weight is 335 g/mol. The van der Waals surface area contributed by atoms with Gasteiger partial charge < -0.3 is 20.3 Å². The second-order valence-corrected chi connectivity index (χ2v) is 6.16. The topological polar surface area (TPSA) is 95.9 Å². The number of aromatic hydroxyl groups is 1. The van der Waals surface area contributed by atoms with Crippen molar-refractivity contribution in [3.05, 3.63) is 23.8 Å². The Morgan fingerprint density at radius 1 is 1.12 bits per heavy atom. The summed E-state index contributed by atoms with van der Waals surface area (Å²) in [6, 6.07) is 4.73. The number of hydrogen-bond donors (Lipinski definition) is 3. The van der Waals surface area contributed by atoms with Crippen LogP contribution in [0.5, 0.6) is 11.5 Å². The van der Waals surface area contributed by atoms with Crippen LogP contribution < -0.4 is 10.1 Å². The van der Waals surface area contributed by atoms with E-state index in [9.17, 15) is 14.7 Å². The van der Waals surface area contributed by atoms with Crippen LogP contribution in [0.3, 0.4) is 0 Å². The first-order valence-electron chi connectivity index (χ1n) is 8.56. The van der Waals surface area contributed by atoms with Crippen molar-refractivity contribution < 1.29 is 24.5 Å². The zero-order valence-corrected chi connectivity index (χ0v) is 13.8. The van der Waals surface area contributed by atoms with Crippen LogP contribution in [0.15, 0.2) is 18.2 Å². The van der Waals surface area contributed by atoms with Gasteiger partial charge in [0.1, 0.15) is 11.5 Å². The molecule has 1 fully saturated rings. The lowest BCUT2D eigenvalue weighted by Gasteiger charge is -2.10. The highest BCUT2D eigenvalue weighted by Gasteiger charge is 2.24. The van der Waals surface area contributed by atoms with E-state index in [2.05, 4.69) is 5.32 Å². The van der Waals surface area contributed by atoms with E-state index in [-0.39, 0.29) is 29.7 Å². The molecule has 1 saturated carbocycles. The molecule has 1 aromatic rings. The van der Waals surface area contributed by atoms with Gasteiger partial charge in [-0.05, 0) is 43.9 Å². The molecule has 0 heterocycles. The van der Waals surface area contributed by atoms with Crippen molar-refractivity contribution in [1.29, 1.82) is 0 Å². The summed E-state index contributed by atoms with van der Waals surface area (Å²) in [6.07, 6.45) is 6.85. The molecule has 0 spiro atoms. The smallest absolute Gasteiger partial charge is 0.303 e. The number of amides is 1. The fraction of sp³-hybridized carbons (Fsp3) is 0.556. The van der Waals surface area contributed by atoms with Crippen LogP contribution in [0.25, 0.3) is 0 Å². The Bertz CT molecular complexity index is 569. The van der Waals surface area contributed by atoms with Gasteiger partial charge in [-0.2, -0.15) is 0 Å². The number of carboxylic acids is 1. The molecule has 0 atom stereocenters. The van der Waals surface area contributed by atoms with Gasteiger partial charge in [0.25, 0.3) is 5.91 Å². The number of rotatable bonds is 11. The van der Waals surface area contributed by atoms with E-state index in [0.29, 0.717) is 18.7 Å². The molecule has 1 aliphatic carbocycles. The molecule has 1 amide bonds. The first-order chi connectivity index (χ1) is 11.6. The number of benzene rings is 1. The molecule has 0 radical (unpaired) electrons. The lowest BCUT2D eigenvalue weighted by molar-refractivity contribution is -0.137. The number of phenols is 1. The van der Waals surface area contributed by atoms with Gasteiger partial charge in [0, 0.05) is 13.0 Å². The van der Waals surface area contributed by atoms with Crippen LogP contribution >= 0.6 is 0 Å². The fourth-order valence-corrected chi connectivity index (χ4v) is 2.38. The normalized spacial score (nSPS) is 13.5. The van der Waals surface area contributed by atoms with Gasteiger partial charge >= 0.3 is 5.97 Å². The van der Waals surface area contributed by atoms with Crippen LogP contribution in [0, 0.1) is 0 Å². The molecular weight excluding hydrogens is 310 g/mol. The van der Waals surface area contributed by atoms with E-state index in [1.54, 1.807) is 12.1 Å². The van der Waals surface area contributed by atoms with Gasteiger partial charge in [0.15, 0.2) is 0 Å². The summed E-state index contributed by atoms with van der Waals surface area (Å²) in [6.45, 7) is 0.533. The van der Waals surface area contributed by atoms with Crippen molar-refractivity contribution in [3.63, 3.8) is 0 Å². The van der Waals surface area contributed by atoms with Gasteiger partial charge in [-0.15, -0.1) is 0 Å². The predicted octanol–water partition coefficient (Wildman–Crippen LogP) is 3.09. The zero-order chi connectivity index (χ0) is 17.4. The first kappa shape index (κ1) is 18.1. The molecular formula is C18H25NO5. The first-order valence-corrected chi connectivity index (χ1v) is 8.56. The lowest BCUT2D eigenvalue weighted by atomic mass is 10.1. The maximum absolute atomic E-state index is 12.1. The maximum atomic E-state index is 12.1. The number of unbranched alkanes of at least 4 members (excludes halogenated alkanes) is 4. The fourth-order valence-electron chi connectivity index (χ4n) is 2.38. The van der Waals surface area contributed by atoms with Crippen molar-refractivity contribution in [2.24, 2.45) is 0 Å². The summed E-state index contributed by atoms with van der Waals surface area (Å²) >= 11 is 0. The predicted molar refractivity (Wildman–Crippen MR) is 89.4 cm³/mol. The van der Waals surface area contributed by atoms with Crippen LogP contribution in [0.1, 0.15) is 61.7 Å². The van der Waals surface area contributed by atoms with Gasteiger partial charge in [-0.3, -0.25) is 9.59 Å².